The molecule has 8 heteroatoms. The number of carboxylic acids is 1. The van der Waals surface area contributed by atoms with E-state index < -0.39 is 41.1 Å². The van der Waals surface area contributed by atoms with Crippen LogP contribution in [0, 0.1) is 5.92 Å². The highest BCUT2D eigenvalue weighted by molar-refractivity contribution is 5.81. The van der Waals surface area contributed by atoms with Gasteiger partial charge in [0, 0.05) is 0 Å². The fourth-order valence-corrected chi connectivity index (χ4v) is 1.57. The number of hydrogen-bond donors (Lipinski definition) is 5. The highest BCUT2D eigenvalue weighted by Gasteiger charge is 2.26. The number of benzene rings is 1. The summed E-state index contributed by atoms with van der Waals surface area (Å²) in [7, 11) is 0. The Hall–Kier alpha value is -2.64. The molecular formula is C13H17NO7. The van der Waals surface area contributed by atoms with Crippen molar-refractivity contribution < 1.29 is 34.8 Å². The molecule has 1 aromatic carbocycles. The van der Waals surface area contributed by atoms with Crippen LogP contribution in [0.1, 0.15) is 20.3 Å². The Morgan fingerprint density at radius 2 is 1.86 bits per heavy atom. The lowest BCUT2D eigenvalue weighted by Crippen LogP contribution is -2.46. The monoisotopic (exact) mass is 299 g/mol. The van der Waals surface area contributed by atoms with Crippen molar-refractivity contribution in [3.8, 4) is 23.0 Å². The third-order valence-electron chi connectivity index (χ3n) is 3.05. The summed E-state index contributed by atoms with van der Waals surface area (Å²) >= 11 is 0. The number of phenolic OH excluding ortho intramolecular Hbond substituents is 3. The third-order valence-corrected chi connectivity index (χ3v) is 3.05. The molecule has 0 spiro atoms. The van der Waals surface area contributed by atoms with Crippen LogP contribution in [0.15, 0.2) is 12.1 Å². The van der Waals surface area contributed by atoms with Crippen LogP contribution in [0.2, 0.25) is 0 Å². The normalized spacial score (nSPS) is 13.2. The van der Waals surface area contributed by atoms with Gasteiger partial charge in [-0.25, -0.2) is 9.59 Å². The molecule has 0 aliphatic carbocycles. The maximum Gasteiger partial charge on any atom is 0.413 e. The van der Waals surface area contributed by atoms with Crippen molar-refractivity contribution in [2.75, 3.05) is 0 Å². The molecule has 0 radical (unpaired) electrons. The molecule has 8 nitrogen and oxygen atoms in total. The number of nitrogens with one attached hydrogen (secondary N) is 1. The van der Waals surface area contributed by atoms with E-state index in [2.05, 4.69) is 5.32 Å². The van der Waals surface area contributed by atoms with Gasteiger partial charge in [0.15, 0.2) is 11.5 Å². The summed E-state index contributed by atoms with van der Waals surface area (Å²) in [6.07, 6.45) is -0.564. The quantitative estimate of drug-likeness (QED) is 0.518. The standard InChI is InChI=1S/C13H17NO7/c1-3-6(2)9(12(18)19)14-13(20)21-8-5-4-7(15)10(16)11(8)17/h4-6,9,15-17H,3H2,1-2H3,(H,14,20)(H,18,19). The molecule has 2 unspecified atom stereocenters. The van der Waals surface area contributed by atoms with Crippen LogP contribution in [0.25, 0.3) is 0 Å². The first-order valence-electron chi connectivity index (χ1n) is 6.22. The zero-order valence-corrected chi connectivity index (χ0v) is 11.5. The summed E-state index contributed by atoms with van der Waals surface area (Å²) in [5, 5.41) is 39.1. The zero-order valence-electron chi connectivity index (χ0n) is 11.5. The number of hydrogen-bond acceptors (Lipinski definition) is 6. The lowest BCUT2D eigenvalue weighted by atomic mass is 10.00. The van der Waals surface area contributed by atoms with E-state index in [1.165, 1.54) is 0 Å². The highest BCUT2D eigenvalue weighted by Crippen LogP contribution is 2.41. The van der Waals surface area contributed by atoms with E-state index in [0.29, 0.717) is 6.42 Å². The minimum absolute atomic E-state index is 0.322. The van der Waals surface area contributed by atoms with Crippen molar-refractivity contribution in [3.63, 3.8) is 0 Å². The summed E-state index contributed by atoms with van der Waals surface area (Å²) in [6.45, 7) is 3.43. The van der Waals surface area contributed by atoms with E-state index in [9.17, 15) is 19.8 Å². The molecule has 1 amide bonds. The lowest BCUT2D eigenvalue weighted by molar-refractivity contribution is -0.140. The number of rotatable bonds is 5. The molecule has 0 fully saturated rings. The Labute approximate surface area is 120 Å². The van der Waals surface area contributed by atoms with Gasteiger partial charge in [0.05, 0.1) is 0 Å². The molecule has 2 atom stereocenters. The Morgan fingerprint density at radius 3 is 2.38 bits per heavy atom. The predicted octanol–water partition coefficient (Wildman–Crippen LogP) is 1.39. The maximum absolute atomic E-state index is 11.6. The van der Waals surface area contributed by atoms with Gasteiger partial charge in [0.25, 0.3) is 0 Å². The topological polar surface area (TPSA) is 136 Å². The van der Waals surface area contributed by atoms with Crippen LogP contribution >= 0.6 is 0 Å². The average molecular weight is 299 g/mol. The van der Waals surface area contributed by atoms with Crippen LogP contribution in [-0.2, 0) is 4.79 Å². The van der Waals surface area contributed by atoms with E-state index in [4.69, 9.17) is 14.9 Å². The van der Waals surface area contributed by atoms with Crippen LogP contribution in [-0.4, -0.2) is 38.5 Å². The van der Waals surface area contributed by atoms with Gasteiger partial charge in [-0.1, -0.05) is 20.3 Å². The second kappa shape index (κ2) is 6.69. The minimum Gasteiger partial charge on any atom is -0.504 e. The van der Waals surface area contributed by atoms with Crippen LogP contribution in [0.5, 0.6) is 23.0 Å². The Balaban J connectivity index is 2.82. The van der Waals surface area contributed by atoms with E-state index in [-0.39, 0.29) is 5.92 Å². The SMILES string of the molecule is CCC(C)C(NC(=O)Oc1ccc(O)c(O)c1O)C(=O)O. The molecule has 0 aromatic heterocycles. The van der Waals surface area contributed by atoms with Crippen LogP contribution in [0.3, 0.4) is 0 Å². The summed E-state index contributed by atoms with van der Waals surface area (Å²) in [4.78, 5) is 22.7. The van der Waals surface area contributed by atoms with Gasteiger partial charge in [-0.05, 0) is 18.1 Å². The smallest absolute Gasteiger partial charge is 0.413 e. The van der Waals surface area contributed by atoms with Gasteiger partial charge in [0.1, 0.15) is 6.04 Å². The van der Waals surface area contributed by atoms with Gasteiger partial charge < -0.3 is 30.5 Å². The van der Waals surface area contributed by atoms with Crippen LogP contribution in [0.4, 0.5) is 4.79 Å². The molecule has 0 aliphatic heterocycles. The molecule has 1 aromatic rings. The van der Waals surface area contributed by atoms with Crippen molar-refractivity contribution >= 4 is 12.1 Å². The zero-order chi connectivity index (χ0) is 16.2. The fraction of sp³-hybridized carbons (Fsp3) is 0.385. The van der Waals surface area contributed by atoms with Gasteiger partial charge >= 0.3 is 12.1 Å². The first kappa shape index (κ1) is 16.4. The Morgan fingerprint density at radius 1 is 1.24 bits per heavy atom. The molecule has 0 saturated carbocycles. The van der Waals surface area contributed by atoms with E-state index in [0.717, 1.165) is 12.1 Å². The first-order chi connectivity index (χ1) is 9.77. The largest absolute Gasteiger partial charge is 0.504 e. The van der Waals surface area contributed by atoms with E-state index in [1.807, 2.05) is 0 Å². The Kier molecular flexibility index (Phi) is 5.23. The first-order valence-corrected chi connectivity index (χ1v) is 6.22. The molecule has 0 heterocycles. The van der Waals surface area contributed by atoms with Gasteiger partial charge in [-0.2, -0.15) is 0 Å². The van der Waals surface area contributed by atoms with Crippen LogP contribution < -0.4 is 10.1 Å². The summed E-state index contributed by atoms with van der Waals surface area (Å²) in [5.41, 5.74) is 0. The second-order valence-corrected chi connectivity index (χ2v) is 4.52. The molecule has 116 valence electrons. The van der Waals surface area contributed by atoms with Gasteiger partial charge in [0.2, 0.25) is 11.5 Å². The number of carboxylic acid groups (broad SMARTS) is 1. The summed E-state index contributed by atoms with van der Waals surface area (Å²) in [6, 6.07) is 0.930. The number of ether oxygens (including phenoxy) is 1. The van der Waals surface area contributed by atoms with Crippen molar-refractivity contribution in [1.82, 2.24) is 5.32 Å². The third kappa shape index (κ3) is 3.91. The number of carbonyl (C=O) groups is 2. The molecule has 1 rings (SSSR count). The number of aromatic hydroxyl groups is 3. The van der Waals surface area contributed by atoms with Crippen molar-refractivity contribution in [2.45, 2.75) is 26.3 Å². The number of phenols is 3. The maximum atomic E-state index is 11.6. The molecular weight excluding hydrogens is 282 g/mol. The van der Waals surface area contributed by atoms with Crippen molar-refractivity contribution in [1.29, 1.82) is 0 Å². The fourth-order valence-electron chi connectivity index (χ4n) is 1.57. The molecule has 0 saturated heterocycles. The average Bonchev–Trinajstić information content (AvgIpc) is 2.44. The highest BCUT2D eigenvalue weighted by atomic mass is 16.6. The lowest BCUT2D eigenvalue weighted by Gasteiger charge is -2.19. The predicted molar refractivity (Wildman–Crippen MR) is 71.5 cm³/mol. The van der Waals surface area contributed by atoms with Crippen molar-refractivity contribution in [2.24, 2.45) is 5.92 Å². The number of amides is 1. The minimum atomic E-state index is -1.21. The van der Waals surface area contributed by atoms with Gasteiger partial charge in [-0.3, -0.25) is 0 Å². The van der Waals surface area contributed by atoms with Gasteiger partial charge in [-0.15, -0.1) is 0 Å². The van der Waals surface area contributed by atoms with Crippen molar-refractivity contribution in [3.05, 3.63) is 12.1 Å². The Bertz CT molecular complexity index is 544. The summed E-state index contributed by atoms with van der Waals surface area (Å²) in [5.74, 6) is -4.17. The number of carbonyl (C=O) groups excluding carboxylic acids is 1. The molecule has 0 aliphatic rings. The molecule has 0 bridgehead atoms. The van der Waals surface area contributed by atoms with E-state index >= 15 is 0 Å². The second-order valence-electron chi connectivity index (χ2n) is 4.52. The molecule has 5 N–H and O–H groups in total. The van der Waals surface area contributed by atoms with E-state index in [1.54, 1.807) is 13.8 Å². The number of aliphatic carboxylic acids is 1. The molecule has 21 heavy (non-hydrogen) atoms. The summed E-state index contributed by atoms with van der Waals surface area (Å²) < 4.78 is 4.72.